The van der Waals surface area contributed by atoms with E-state index in [0.717, 1.165) is 12.8 Å². The first-order valence-electron chi connectivity index (χ1n) is 15.1. The largest absolute Gasteiger partial charge is 0.135 e. The summed E-state index contributed by atoms with van der Waals surface area (Å²) in [6.07, 6.45) is 6.90. The standard InChI is InChI=1S/C42H28S/c1-2-16-35-33(14-1)34-15-3-4-17-36(34)40-26-30(22-23-37(35)40)28-11-7-10-27(24-28)29-12-8-13-31(25-29)32-19-9-20-39-38-18-5-6-21-41(38)43-42(32)39/h1-4,6-17,19-26H,5,18H2. The third kappa shape index (κ3) is 3.96. The van der Waals surface area contributed by atoms with Gasteiger partial charge in [-0.15, -0.1) is 11.3 Å². The van der Waals surface area contributed by atoms with Crippen LogP contribution in [-0.2, 0) is 6.42 Å². The van der Waals surface area contributed by atoms with Crippen LogP contribution in [0.25, 0.3) is 81.9 Å². The number of benzene rings is 7. The number of hydrogen-bond donors (Lipinski definition) is 0. The molecule has 0 radical (unpaired) electrons. The third-order valence-corrected chi connectivity index (χ3v) is 10.4. The van der Waals surface area contributed by atoms with E-state index in [0.29, 0.717) is 0 Å². The van der Waals surface area contributed by atoms with E-state index < -0.39 is 0 Å². The monoisotopic (exact) mass is 564 g/mol. The first-order chi connectivity index (χ1) is 21.3. The first-order valence-corrected chi connectivity index (χ1v) is 15.9. The summed E-state index contributed by atoms with van der Waals surface area (Å²) >= 11 is 1.94. The Morgan fingerprint density at radius 2 is 0.953 bits per heavy atom. The van der Waals surface area contributed by atoms with Gasteiger partial charge in [-0.3, -0.25) is 0 Å². The predicted octanol–water partition coefficient (Wildman–Crippen LogP) is 12.3. The van der Waals surface area contributed by atoms with Crippen LogP contribution in [0.2, 0.25) is 0 Å². The summed E-state index contributed by atoms with van der Waals surface area (Å²) in [5.74, 6) is 0. The molecule has 1 heterocycles. The lowest BCUT2D eigenvalue weighted by Crippen LogP contribution is -1.88. The Bertz CT molecular complexity index is 2370. The fourth-order valence-electron chi connectivity index (χ4n) is 7.06. The molecular formula is C42H28S. The van der Waals surface area contributed by atoms with Crippen LogP contribution in [0.4, 0.5) is 0 Å². The molecule has 0 fully saturated rings. The number of hydrogen-bond acceptors (Lipinski definition) is 1. The molecule has 0 amide bonds. The molecule has 7 aromatic carbocycles. The van der Waals surface area contributed by atoms with Gasteiger partial charge < -0.3 is 0 Å². The molecule has 0 spiro atoms. The highest BCUT2D eigenvalue weighted by molar-refractivity contribution is 7.20. The quantitative estimate of drug-likeness (QED) is 0.187. The van der Waals surface area contributed by atoms with Gasteiger partial charge in [-0.2, -0.15) is 0 Å². The van der Waals surface area contributed by atoms with Crippen LogP contribution in [0.15, 0.2) is 140 Å². The average molecular weight is 565 g/mol. The van der Waals surface area contributed by atoms with Crippen LogP contribution in [-0.4, -0.2) is 0 Å². The Labute approximate surface area is 255 Å². The third-order valence-electron chi connectivity index (χ3n) is 9.13. The molecule has 1 aromatic heterocycles. The maximum Gasteiger partial charge on any atom is 0.0430 e. The lowest BCUT2D eigenvalue weighted by Gasteiger charge is -2.13. The van der Waals surface area contributed by atoms with E-state index in [-0.39, 0.29) is 0 Å². The van der Waals surface area contributed by atoms with Gasteiger partial charge in [0, 0.05) is 9.58 Å². The molecule has 1 heteroatoms. The van der Waals surface area contributed by atoms with E-state index in [2.05, 4.69) is 146 Å². The van der Waals surface area contributed by atoms with Crippen molar-refractivity contribution >= 4 is 59.8 Å². The van der Waals surface area contributed by atoms with Gasteiger partial charge in [-0.05, 0) is 114 Å². The Kier molecular flexibility index (Phi) is 5.61. The molecule has 0 aliphatic heterocycles. The molecule has 0 nitrogen and oxygen atoms in total. The molecular weight excluding hydrogens is 537 g/mol. The molecule has 0 saturated carbocycles. The Morgan fingerprint density at radius 3 is 1.65 bits per heavy atom. The van der Waals surface area contributed by atoms with Crippen molar-refractivity contribution in [1.29, 1.82) is 0 Å². The number of fused-ring (bicyclic) bond motifs is 9. The lowest BCUT2D eigenvalue weighted by molar-refractivity contribution is 1.01. The van der Waals surface area contributed by atoms with Gasteiger partial charge in [0.15, 0.2) is 0 Å². The normalized spacial score (nSPS) is 12.8. The van der Waals surface area contributed by atoms with Gasteiger partial charge in [0.25, 0.3) is 0 Å². The Balaban J connectivity index is 1.15. The topological polar surface area (TPSA) is 0 Å². The van der Waals surface area contributed by atoms with E-state index in [1.807, 2.05) is 11.3 Å². The van der Waals surface area contributed by atoms with Gasteiger partial charge in [0.2, 0.25) is 0 Å². The van der Waals surface area contributed by atoms with Crippen LogP contribution in [0.3, 0.4) is 0 Å². The summed E-state index contributed by atoms with van der Waals surface area (Å²) in [7, 11) is 0. The molecule has 43 heavy (non-hydrogen) atoms. The predicted molar refractivity (Wildman–Crippen MR) is 188 cm³/mol. The molecule has 8 aromatic rings. The lowest BCUT2D eigenvalue weighted by atomic mass is 9.91. The summed E-state index contributed by atoms with van der Waals surface area (Å²) in [4.78, 5) is 1.42. The van der Waals surface area contributed by atoms with Crippen LogP contribution < -0.4 is 0 Å². The molecule has 202 valence electrons. The zero-order chi connectivity index (χ0) is 28.3. The van der Waals surface area contributed by atoms with E-state index >= 15 is 0 Å². The van der Waals surface area contributed by atoms with Crippen molar-refractivity contribution in [2.45, 2.75) is 12.8 Å². The van der Waals surface area contributed by atoms with Crippen molar-refractivity contribution in [3.05, 3.63) is 150 Å². The van der Waals surface area contributed by atoms with E-state index in [9.17, 15) is 0 Å². The van der Waals surface area contributed by atoms with Gasteiger partial charge >= 0.3 is 0 Å². The van der Waals surface area contributed by atoms with Crippen LogP contribution in [0.5, 0.6) is 0 Å². The number of thiophene rings is 1. The summed E-state index contributed by atoms with van der Waals surface area (Å²) in [5.41, 5.74) is 9.09. The van der Waals surface area contributed by atoms with Crippen molar-refractivity contribution in [1.82, 2.24) is 0 Å². The van der Waals surface area contributed by atoms with Gasteiger partial charge in [-0.25, -0.2) is 0 Å². The SMILES string of the molecule is C1=Cc2sc3c(-c4cccc(-c5cccc(-c6ccc7c8ccccc8c8ccccc8c7c6)c5)c4)cccc3c2CC1. The fraction of sp³-hybridized carbons (Fsp3) is 0.0476. The van der Waals surface area contributed by atoms with Gasteiger partial charge in [-0.1, -0.05) is 121 Å². The maximum absolute atomic E-state index is 2.38. The second-order valence-electron chi connectivity index (χ2n) is 11.6. The zero-order valence-corrected chi connectivity index (χ0v) is 24.5. The average Bonchev–Trinajstić information content (AvgIpc) is 3.47. The minimum absolute atomic E-state index is 1.14. The smallest absolute Gasteiger partial charge is 0.0430 e. The summed E-state index contributed by atoms with van der Waals surface area (Å²) in [6, 6.07) is 49.5. The van der Waals surface area contributed by atoms with Crippen molar-refractivity contribution in [2.75, 3.05) is 0 Å². The van der Waals surface area contributed by atoms with E-state index in [1.54, 1.807) is 0 Å². The van der Waals surface area contributed by atoms with Crippen molar-refractivity contribution < 1.29 is 0 Å². The van der Waals surface area contributed by atoms with Gasteiger partial charge in [0.05, 0.1) is 0 Å². The van der Waals surface area contributed by atoms with Crippen molar-refractivity contribution in [3.63, 3.8) is 0 Å². The molecule has 0 unspecified atom stereocenters. The van der Waals surface area contributed by atoms with Crippen LogP contribution in [0, 0.1) is 0 Å². The second-order valence-corrected chi connectivity index (χ2v) is 12.6. The molecule has 1 aliphatic rings. The molecule has 9 rings (SSSR count). The van der Waals surface area contributed by atoms with Crippen molar-refractivity contribution in [2.24, 2.45) is 0 Å². The highest BCUT2D eigenvalue weighted by Crippen LogP contribution is 2.42. The molecule has 0 bridgehead atoms. The molecule has 0 atom stereocenters. The molecule has 0 N–H and O–H groups in total. The molecule has 1 aliphatic carbocycles. The summed E-state index contributed by atoms with van der Waals surface area (Å²) in [6.45, 7) is 0. The number of aryl methyl sites for hydroxylation is 1. The van der Waals surface area contributed by atoms with Crippen LogP contribution >= 0.6 is 11.3 Å². The van der Waals surface area contributed by atoms with Gasteiger partial charge in [0.1, 0.15) is 0 Å². The highest BCUT2D eigenvalue weighted by atomic mass is 32.1. The minimum atomic E-state index is 1.14. The van der Waals surface area contributed by atoms with Crippen molar-refractivity contribution in [3.8, 4) is 33.4 Å². The Morgan fingerprint density at radius 1 is 0.419 bits per heavy atom. The Hall–Kier alpha value is -4.98. The van der Waals surface area contributed by atoms with E-state index in [1.165, 1.54) is 86.2 Å². The number of rotatable bonds is 3. The minimum Gasteiger partial charge on any atom is -0.135 e. The van der Waals surface area contributed by atoms with E-state index in [4.69, 9.17) is 0 Å². The first kappa shape index (κ1) is 24.6. The second kappa shape index (κ2) is 9.80. The maximum atomic E-state index is 2.38. The highest BCUT2D eigenvalue weighted by Gasteiger charge is 2.16. The number of allylic oxidation sites excluding steroid dienone is 1. The summed E-state index contributed by atoms with van der Waals surface area (Å²) < 4.78 is 1.40. The zero-order valence-electron chi connectivity index (χ0n) is 23.7. The fourth-order valence-corrected chi connectivity index (χ4v) is 8.38. The van der Waals surface area contributed by atoms with Crippen LogP contribution in [0.1, 0.15) is 16.9 Å². The summed E-state index contributed by atoms with van der Waals surface area (Å²) in [5, 5.41) is 9.28. The molecule has 0 saturated heterocycles.